The van der Waals surface area contributed by atoms with Gasteiger partial charge in [-0.3, -0.25) is 5.48 Å². The first-order valence-electron chi connectivity index (χ1n) is 3.07. The van der Waals surface area contributed by atoms with E-state index in [0.717, 1.165) is 0 Å². The second-order valence-electron chi connectivity index (χ2n) is 2.01. The van der Waals surface area contributed by atoms with Gasteiger partial charge in [-0.05, 0) is 18.2 Å². The molecule has 1 aromatic rings. The number of rotatable bonds is 3. The number of nitrogens with one attached hydrogen (secondary N) is 1. The van der Waals surface area contributed by atoms with Gasteiger partial charge in [0.15, 0.2) is 0 Å². The van der Waals surface area contributed by atoms with Crippen LogP contribution in [0.3, 0.4) is 0 Å². The van der Waals surface area contributed by atoms with Crippen molar-refractivity contribution in [3.8, 4) is 0 Å². The Morgan fingerprint density at radius 3 is 2.77 bits per heavy atom. The highest BCUT2D eigenvalue weighted by molar-refractivity contribution is 7.74. The Bertz CT molecular complexity index is 334. The maximum absolute atomic E-state index is 10.0. The molecule has 7 heteroatoms. The van der Waals surface area contributed by atoms with Crippen molar-refractivity contribution >= 4 is 40.3 Å². The van der Waals surface area contributed by atoms with Crippen molar-refractivity contribution < 1.29 is 13.0 Å². The van der Waals surface area contributed by atoms with Gasteiger partial charge in [0.25, 0.3) is 0 Å². The van der Waals surface area contributed by atoms with Crippen LogP contribution in [0.15, 0.2) is 18.2 Å². The third-order valence-corrected chi connectivity index (χ3v) is 1.93. The minimum atomic E-state index is -2.64. The van der Waals surface area contributed by atoms with E-state index in [1.807, 2.05) is 0 Å². The highest BCUT2D eigenvalue weighted by atomic mass is 35.5. The summed E-state index contributed by atoms with van der Waals surface area (Å²) in [6, 6.07) is 4.53. The monoisotopic (exact) mass is 240 g/mol. The summed E-state index contributed by atoms with van der Waals surface area (Å²) in [6.07, 6.45) is 0. The fourth-order valence-corrected chi connectivity index (χ4v) is 1.14. The molecule has 0 saturated heterocycles. The van der Waals surface area contributed by atoms with Crippen molar-refractivity contribution in [3.63, 3.8) is 0 Å². The van der Waals surface area contributed by atoms with Gasteiger partial charge in [-0.25, -0.2) is 4.21 Å². The molecule has 0 spiro atoms. The predicted octanol–water partition coefficient (Wildman–Crippen LogP) is 2.13. The minimum absolute atomic E-state index is 0.290. The molecule has 0 saturated carbocycles. The Balaban J connectivity index is 2.75. The SMILES string of the molecule is O=S([O-])ONc1cc(Cl)ccc1Cl. The van der Waals surface area contributed by atoms with Crippen molar-refractivity contribution in [1.29, 1.82) is 0 Å². The molecule has 0 radical (unpaired) electrons. The van der Waals surface area contributed by atoms with Gasteiger partial charge >= 0.3 is 0 Å². The van der Waals surface area contributed by atoms with Gasteiger partial charge in [-0.1, -0.05) is 23.2 Å². The second-order valence-corrected chi connectivity index (χ2v) is 3.43. The van der Waals surface area contributed by atoms with E-state index < -0.39 is 11.4 Å². The Labute approximate surface area is 87.2 Å². The Kier molecular flexibility index (Phi) is 3.95. The number of benzene rings is 1. The summed E-state index contributed by atoms with van der Waals surface area (Å²) in [5.74, 6) is 0. The van der Waals surface area contributed by atoms with Crippen LogP contribution in [0, 0.1) is 0 Å². The van der Waals surface area contributed by atoms with Crippen molar-refractivity contribution in [3.05, 3.63) is 28.2 Å². The van der Waals surface area contributed by atoms with Crippen LogP contribution in [-0.4, -0.2) is 8.76 Å². The molecule has 4 nitrogen and oxygen atoms in total. The van der Waals surface area contributed by atoms with E-state index in [-0.39, 0.29) is 0 Å². The van der Waals surface area contributed by atoms with Crippen LogP contribution >= 0.6 is 23.2 Å². The Morgan fingerprint density at radius 1 is 1.46 bits per heavy atom. The van der Waals surface area contributed by atoms with Crippen LogP contribution in [0.1, 0.15) is 0 Å². The van der Waals surface area contributed by atoms with Crippen molar-refractivity contribution in [1.82, 2.24) is 0 Å². The van der Waals surface area contributed by atoms with Gasteiger partial charge < -0.3 is 4.55 Å². The molecule has 1 N–H and O–H groups in total. The van der Waals surface area contributed by atoms with E-state index in [9.17, 15) is 8.76 Å². The molecule has 72 valence electrons. The van der Waals surface area contributed by atoms with Crippen LogP contribution in [0.4, 0.5) is 5.69 Å². The topological polar surface area (TPSA) is 61.4 Å². The summed E-state index contributed by atoms with van der Waals surface area (Å²) in [4.78, 5) is 0. The molecule has 0 aliphatic rings. The molecule has 1 rings (SSSR count). The Morgan fingerprint density at radius 2 is 2.15 bits per heavy atom. The van der Waals surface area contributed by atoms with Crippen LogP contribution < -0.4 is 5.48 Å². The first-order valence-corrected chi connectivity index (χ1v) is 4.83. The lowest BCUT2D eigenvalue weighted by Gasteiger charge is -2.09. The second kappa shape index (κ2) is 4.78. The number of anilines is 1. The van der Waals surface area contributed by atoms with Crippen molar-refractivity contribution in [2.45, 2.75) is 0 Å². The van der Waals surface area contributed by atoms with Gasteiger partial charge in [0, 0.05) is 5.02 Å². The van der Waals surface area contributed by atoms with Crippen LogP contribution in [-0.2, 0) is 15.6 Å². The van der Waals surface area contributed by atoms with E-state index >= 15 is 0 Å². The molecule has 0 amide bonds. The van der Waals surface area contributed by atoms with E-state index in [0.29, 0.717) is 15.7 Å². The normalized spacial score (nSPS) is 12.5. The summed E-state index contributed by atoms with van der Waals surface area (Å²) in [5, 5.41) is 0.738. The van der Waals surface area contributed by atoms with Gasteiger partial charge in [0.1, 0.15) is 11.4 Å². The van der Waals surface area contributed by atoms with Gasteiger partial charge in [0.05, 0.1) is 10.7 Å². The van der Waals surface area contributed by atoms with Gasteiger partial charge in [0.2, 0.25) is 0 Å². The largest absolute Gasteiger partial charge is 0.748 e. The van der Waals surface area contributed by atoms with Crippen LogP contribution in [0.2, 0.25) is 10.0 Å². The van der Waals surface area contributed by atoms with Gasteiger partial charge in [-0.2, -0.15) is 4.28 Å². The summed E-state index contributed by atoms with van der Waals surface area (Å²) in [6.45, 7) is 0. The molecule has 1 unspecified atom stereocenters. The van der Waals surface area contributed by atoms with Crippen LogP contribution in [0.5, 0.6) is 0 Å². The lowest BCUT2D eigenvalue weighted by Crippen LogP contribution is -2.03. The molecule has 0 bridgehead atoms. The number of hydrogen-bond donors (Lipinski definition) is 1. The van der Waals surface area contributed by atoms with Gasteiger partial charge in [-0.15, -0.1) is 0 Å². The molecule has 0 aliphatic heterocycles. The lowest BCUT2D eigenvalue weighted by atomic mass is 10.3. The summed E-state index contributed by atoms with van der Waals surface area (Å²) in [7, 11) is 0. The van der Waals surface area contributed by atoms with Crippen molar-refractivity contribution in [2.24, 2.45) is 0 Å². The Hall–Kier alpha value is -0.330. The zero-order chi connectivity index (χ0) is 9.84. The minimum Gasteiger partial charge on any atom is -0.748 e. The first kappa shape index (κ1) is 10.7. The maximum atomic E-state index is 10.0. The first-order chi connectivity index (χ1) is 6.09. The predicted molar refractivity (Wildman–Crippen MR) is 50.1 cm³/mol. The molecular weight excluding hydrogens is 237 g/mol. The molecule has 13 heavy (non-hydrogen) atoms. The van der Waals surface area contributed by atoms with E-state index in [4.69, 9.17) is 23.2 Å². The standard InChI is InChI=1S/C6H5Cl2NO3S/c7-4-1-2-5(8)6(3-4)9-12-13(10)11/h1-3,9H,(H,10,11)/p-1. The average Bonchev–Trinajstić information content (AvgIpc) is 2.06. The highest BCUT2D eigenvalue weighted by Crippen LogP contribution is 2.25. The van der Waals surface area contributed by atoms with E-state index in [2.05, 4.69) is 9.76 Å². The fourth-order valence-electron chi connectivity index (χ4n) is 0.655. The molecule has 0 fully saturated rings. The van der Waals surface area contributed by atoms with E-state index in [1.54, 1.807) is 6.07 Å². The van der Waals surface area contributed by atoms with Crippen molar-refractivity contribution in [2.75, 3.05) is 5.48 Å². The molecule has 1 aromatic carbocycles. The molecule has 1 atom stereocenters. The smallest absolute Gasteiger partial charge is 0.112 e. The third-order valence-electron chi connectivity index (χ3n) is 1.15. The molecule has 0 aromatic heterocycles. The van der Waals surface area contributed by atoms with Crippen LogP contribution in [0.25, 0.3) is 0 Å². The van der Waals surface area contributed by atoms with E-state index in [1.165, 1.54) is 12.1 Å². The molecular formula is C6H4Cl2NO3S-. The lowest BCUT2D eigenvalue weighted by molar-refractivity contribution is 0.363. The summed E-state index contributed by atoms with van der Waals surface area (Å²) in [5.41, 5.74) is 2.41. The zero-order valence-corrected chi connectivity index (χ0v) is 8.45. The zero-order valence-electron chi connectivity index (χ0n) is 6.12. The molecule has 0 heterocycles. The summed E-state index contributed by atoms with van der Waals surface area (Å²) < 4.78 is 24.1. The quantitative estimate of drug-likeness (QED) is 0.650. The molecule has 0 aliphatic carbocycles. The third kappa shape index (κ3) is 3.50. The fraction of sp³-hybridized carbons (Fsp3) is 0. The maximum Gasteiger partial charge on any atom is 0.112 e. The highest BCUT2D eigenvalue weighted by Gasteiger charge is 2.00. The average molecular weight is 241 g/mol. The number of hydrogen-bond acceptors (Lipinski definition) is 4. The summed E-state index contributed by atoms with van der Waals surface area (Å²) >= 11 is 8.66. The number of halogens is 2.